The minimum atomic E-state index is -0.956. The fraction of sp³-hybridized carbons (Fsp3) is 0.324. The zero-order valence-corrected chi connectivity index (χ0v) is 24.7. The standard InChI is InChI=1S/C34H34N2O6/c1-7-36-29-12-8-22(20(3)35-42-21(4)37)15-27(29)28-16-23(9-13-30(28)36)32(39)26-11-10-25(14-19(26)2)41-18-24-17-31(38)34(5,6)33(24)40/h8-16,24H,7,17-18H2,1-6H3. The van der Waals surface area contributed by atoms with E-state index in [1.807, 2.05) is 43.3 Å². The van der Waals surface area contributed by atoms with Gasteiger partial charge < -0.3 is 14.1 Å². The third kappa shape index (κ3) is 5.13. The molecule has 8 nitrogen and oxygen atoms in total. The van der Waals surface area contributed by atoms with Crippen LogP contribution in [0.1, 0.15) is 68.1 Å². The number of rotatable bonds is 8. The molecule has 1 fully saturated rings. The highest BCUT2D eigenvalue weighted by molar-refractivity contribution is 6.16. The van der Waals surface area contributed by atoms with Crippen LogP contribution in [0.25, 0.3) is 21.8 Å². The van der Waals surface area contributed by atoms with Gasteiger partial charge in [0, 0.05) is 52.8 Å². The van der Waals surface area contributed by atoms with Crippen molar-refractivity contribution in [1.82, 2.24) is 4.57 Å². The van der Waals surface area contributed by atoms with E-state index in [1.165, 1.54) is 6.92 Å². The maximum atomic E-state index is 13.7. The molecular weight excluding hydrogens is 532 g/mol. The summed E-state index contributed by atoms with van der Waals surface area (Å²) in [6, 6.07) is 17.0. The molecule has 0 saturated heterocycles. The van der Waals surface area contributed by atoms with Crippen LogP contribution >= 0.6 is 0 Å². The zero-order chi connectivity index (χ0) is 30.3. The van der Waals surface area contributed by atoms with Crippen molar-refractivity contribution in [3.8, 4) is 5.75 Å². The predicted molar refractivity (Wildman–Crippen MR) is 161 cm³/mol. The minimum absolute atomic E-state index is 0.0567. The highest BCUT2D eigenvalue weighted by Gasteiger charge is 2.47. The number of carbonyl (C=O) groups excluding carboxylic acids is 4. The first-order valence-corrected chi connectivity index (χ1v) is 14.1. The molecule has 5 rings (SSSR count). The van der Waals surface area contributed by atoms with Gasteiger partial charge in [0.05, 0.1) is 23.7 Å². The molecule has 1 unspecified atom stereocenters. The number of ether oxygens (including phenoxy) is 1. The number of oxime groups is 1. The first-order chi connectivity index (χ1) is 19.9. The maximum Gasteiger partial charge on any atom is 0.331 e. The molecule has 1 heterocycles. The average molecular weight is 567 g/mol. The van der Waals surface area contributed by atoms with Crippen LogP contribution in [0.5, 0.6) is 5.75 Å². The van der Waals surface area contributed by atoms with Crippen LogP contribution in [0.4, 0.5) is 0 Å². The molecule has 0 amide bonds. The van der Waals surface area contributed by atoms with E-state index < -0.39 is 17.3 Å². The van der Waals surface area contributed by atoms with Gasteiger partial charge >= 0.3 is 5.97 Å². The Balaban J connectivity index is 1.43. The number of benzene rings is 3. The van der Waals surface area contributed by atoms with Crippen LogP contribution in [-0.4, -0.2) is 40.2 Å². The Morgan fingerprint density at radius 3 is 2.17 bits per heavy atom. The van der Waals surface area contributed by atoms with E-state index in [1.54, 1.807) is 39.0 Å². The van der Waals surface area contributed by atoms with Gasteiger partial charge in [-0.25, -0.2) is 4.79 Å². The Hall–Kier alpha value is -4.59. The predicted octanol–water partition coefficient (Wildman–Crippen LogP) is 6.20. The molecule has 42 heavy (non-hydrogen) atoms. The lowest BCUT2D eigenvalue weighted by Crippen LogP contribution is -2.28. The number of hydrogen-bond acceptors (Lipinski definition) is 7. The van der Waals surface area contributed by atoms with E-state index in [9.17, 15) is 19.2 Å². The monoisotopic (exact) mass is 566 g/mol. The normalized spacial score (nSPS) is 16.8. The van der Waals surface area contributed by atoms with E-state index in [4.69, 9.17) is 9.57 Å². The molecule has 0 N–H and O–H groups in total. The first-order valence-electron chi connectivity index (χ1n) is 14.1. The van der Waals surface area contributed by atoms with Crippen molar-refractivity contribution in [2.24, 2.45) is 16.5 Å². The first kappa shape index (κ1) is 28.9. The number of fused-ring (bicyclic) bond motifs is 3. The summed E-state index contributed by atoms with van der Waals surface area (Å²) in [7, 11) is 0. The van der Waals surface area contributed by atoms with Gasteiger partial charge in [0.2, 0.25) is 0 Å². The SMILES string of the molecule is CCn1c2ccc(C(=O)c3ccc(OCC4CC(=O)C(C)(C)C4=O)cc3C)cc2c2cc(C(C)=NOC(C)=O)ccc21. The van der Waals surface area contributed by atoms with Gasteiger partial charge in [-0.2, -0.15) is 0 Å². The molecule has 216 valence electrons. The summed E-state index contributed by atoms with van der Waals surface area (Å²) in [5.74, 6) is -0.647. The Morgan fingerprint density at radius 2 is 1.60 bits per heavy atom. The van der Waals surface area contributed by atoms with Crippen LogP contribution in [0.3, 0.4) is 0 Å². The molecule has 0 bridgehead atoms. The third-order valence-electron chi connectivity index (χ3n) is 8.18. The van der Waals surface area contributed by atoms with E-state index in [0.717, 1.165) is 39.5 Å². The lowest BCUT2D eigenvalue weighted by Gasteiger charge is -2.15. The summed E-state index contributed by atoms with van der Waals surface area (Å²) in [6.07, 6.45) is 0.193. The van der Waals surface area contributed by atoms with Crippen molar-refractivity contribution in [3.63, 3.8) is 0 Å². The van der Waals surface area contributed by atoms with E-state index in [2.05, 4.69) is 16.6 Å². The minimum Gasteiger partial charge on any atom is -0.493 e. The highest BCUT2D eigenvalue weighted by Crippen LogP contribution is 2.35. The van der Waals surface area contributed by atoms with E-state index >= 15 is 0 Å². The maximum absolute atomic E-state index is 13.7. The third-order valence-corrected chi connectivity index (χ3v) is 8.18. The van der Waals surface area contributed by atoms with Crippen LogP contribution in [0, 0.1) is 18.3 Å². The molecule has 1 aromatic heterocycles. The van der Waals surface area contributed by atoms with Crippen LogP contribution in [0.15, 0.2) is 59.8 Å². The molecule has 0 aliphatic heterocycles. The van der Waals surface area contributed by atoms with Gasteiger partial charge in [-0.3, -0.25) is 14.4 Å². The fourth-order valence-electron chi connectivity index (χ4n) is 5.68. The quantitative estimate of drug-likeness (QED) is 0.0827. The molecule has 3 aromatic carbocycles. The molecule has 1 aliphatic carbocycles. The largest absolute Gasteiger partial charge is 0.493 e. The molecule has 0 radical (unpaired) electrons. The molecule has 1 atom stereocenters. The van der Waals surface area contributed by atoms with Gasteiger partial charge in [-0.1, -0.05) is 11.2 Å². The molecule has 1 aliphatic rings. The number of ketones is 3. The summed E-state index contributed by atoms with van der Waals surface area (Å²) < 4.78 is 8.08. The second-order valence-corrected chi connectivity index (χ2v) is 11.4. The molecule has 8 heteroatoms. The van der Waals surface area contributed by atoms with E-state index in [0.29, 0.717) is 22.6 Å². The summed E-state index contributed by atoms with van der Waals surface area (Å²) in [5.41, 5.74) is 4.34. The van der Waals surface area contributed by atoms with Crippen molar-refractivity contribution >= 4 is 50.8 Å². The van der Waals surface area contributed by atoms with Crippen LogP contribution < -0.4 is 4.74 Å². The van der Waals surface area contributed by atoms with Crippen molar-refractivity contribution in [2.75, 3.05) is 6.61 Å². The summed E-state index contributed by atoms with van der Waals surface area (Å²) in [4.78, 5) is 54.4. The lowest BCUT2D eigenvalue weighted by atomic mass is 9.88. The van der Waals surface area contributed by atoms with Crippen LogP contribution in [0.2, 0.25) is 0 Å². The van der Waals surface area contributed by atoms with Crippen molar-refractivity contribution < 1.29 is 28.8 Å². The Kier molecular flexibility index (Phi) is 7.58. The van der Waals surface area contributed by atoms with Gasteiger partial charge in [0.15, 0.2) is 11.6 Å². The lowest BCUT2D eigenvalue weighted by molar-refractivity contribution is -0.141. The van der Waals surface area contributed by atoms with Gasteiger partial charge in [-0.15, -0.1) is 0 Å². The summed E-state index contributed by atoms with van der Waals surface area (Å²) in [6.45, 7) is 11.2. The van der Waals surface area contributed by atoms with E-state index in [-0.39, 0.29) is 30.4 Å². The summed E-state index contributed by atoms with van der Waals surface area (Å²) >= 11 is 0. The molecule has 1 saturated carbocycles. The highest BCUT2D eigenvalue weighted by atomic mass is 16.7. The number of hydrogen-bond donors (Lipinski definition) is 0. The smallest absolute Gasteiger partial charge is 0.331 e. The Morgan fingerprint density at radius 1 is 0.952 bits per heavy atom. The Labute approximate surface area is 244 Å². The Bertz CT molecular complexity index is 1810. The molecular formula is C34H34N2O6. The van der Waals surface area contributed by atoms with Crippen molar-refractivity contribution in [1.29, 1.82) is 0 Å². The number of Topliss-reactive ketones (excluding diaryl/α,β-unsaturated/α-hetero) is 2. The fourth-order valence-corrected chi connectivity index (χ4v) is 5.68. The second-order valence-electron chi connectivity index (χ2n) is 11.4. The van der Waals surface area contributed by atoms with Gasteiger partial charge in [-0.05, 0) is 94.3 Å². The second kappa shape index (κ2) is 11.0. The number of aromatic nitrogens is 1. The number of aryl methyl sites for hydroxylation is 2. The molecule has 0 spiro atoms. The van der Waals surface area contributed by atoms with Crippen molar-refractivity contribution in [3.05, 3.63) is 76.9 Å². The summed E-state index contributed by atoms with van der Waals surface area (Å²) in [5, 5.41) is 5.84. The van der Waals surface area contributed by atoms with Crippen LogP contribution in [-0.2, 0) is 25.8 Å². The van der Waals surface area contributed by atoms with Crippen molar-refractivity contribution in [2.45, 2.75) is 54.5 Å². The van der Waals surface area contributed by atoms with Gasteiger partial charge in [0.25, 0.3) is 0 Å². The number of nitrogens with zero attached hydrogens (tertiary/aromatic N) is 2. The topological polar surface area (TPSA) is 104 Å². The zero-order valence-electron chi connectivity index (χ0n) is 24.7. The average Bonchev–Trinajstić information content (AvgIpc) is 3.38. The number of carbonyl (C=O) groups is 4. The van der Waals surface area contributed by atoms with Gasteiger partial charge in [0.1, 0.15) is 11.5 Å². The molecule has 4 aromatic rings.